The van der Waals surface area contributed by atoms with E-state index in [9.17, 15) is 18.0 Å². The molecule has 0 unspecified atom stereocenters. The van der Waals surface area contributed by atoms with Crippen molar-refractivity contribution in [2.45, 2.75) is 68.7 Å². The van der Waals surface area contributed by atoms with E-state index in [1.165, 1.54) is 24.3 Å². The van der Waals surface area contributed by atoms with Crippen molar-refractivity contribution in [3.05, 3.63) is 59.7 Å². The van der Waals surface area contributed by atoms with E-state index in [1.54, 1.807) is 13.1 Å². The zero-order valence-electron chi connectivity index (χ0n) is 20.9. The highest BCUT2D eigenvalue weighted by Crippen LogP contribution is 2.47. The molecule has 2 saturated heterocycles. The second kappa shape index (κ2) is 10.2. The van der Waals surface area contributed by atoms with Crippen molar-refractivity contribution < 1.29 is 32.3 Å². The molecule has 2 aliphatic heterocycles. The van der Waals surface area contributed by atoms with Crippen LogP contribution < -0.4 is 20.1 Å². The lowest BCUT2D eigenvalue weighted by molar-refractivity contribution is -0.274. The number of nitrogens with one attached hydrogen (secondary N) is 2. The molecule has 5 rings (SSSR count). The quantitative estimate of drug-likeness (QED) is 0.483. The molecule has 3 aliphatic rings. The summed E-state index contributed by atoms with van der Waals surface area (Å²) in [7, 11) is 3.09. The number of hydroxylamine groups is 2. The number of halogens is 3. The fourth-order valence-corrected chi connectivity index (χ4v) is 5.69. The van der Waals surface area contributed by atoms with Crippen LogP contribution >= 0.6 is 0 Å². The normalized spacial score (nSPS) is 27.1. The minimum atomic E-state index is -4.77. The molecule has 200 valence electrons. The summed E-state index contributed by atoms with van der Waals surface area (Å²) in [6.07, 6.45) is -0.652. The molecule has 7 nitrogen and oxygen atoms in total. The third-order valence-electron chi connectivity index (χ3n) is 7.64. The molecule has 2 N–H and O–H groups in total. The number of amides is 1. The average molecular weight is 520 g/mol. The number of ether oxygens (including phenoxy) is 2. The number of benzene rings is 2. The molecule has 2 bridgehead atoms. The first-order valence-electron chi connectivity index (χ1n) is 12.6. The van der Waals surface area contributed by atoms with Crippen molar-refractivity contribution in [3.63, 3.8) is 0 Å². The van der Waals surface area contributed by atoms with E-state index >= 15 is 0 Å². The number of hydrogen-bond donors (Lipinski definition) is 2. The van der Waals surface area contributed by atoms with Crippen molar-refractivity contribution in [2.75, 3.05) is 14.2 Å². The molecule has 0 spiro atoms. The van der Waals surface area contributed by atoms with E-state index < -0.39 is 11.9 Å². The van der Waals surface area contributed by atoms with Crippen LogP contribution in [0.2, 0.25) is 0 Å². The summed E-state index contributed by atoms with van der Waals surface area (Å²) < 4.78 is 48.8. The Labute approximate surface area is 214 Å². The molecule has 2 aromatic rings. The van der Waals surface area contributed by atoms with Gasteiger partial charge >= 0.3 is 6.36 Å². The molecule has 37 heavy (non-hydrogen) atoms. The summed E-state index contributed by atoms with van der Waals surface area (Å²) in [5.41, 5.74) is 1.15. The van der Waals surface area contributed by atoms with Crippen LogP contribution in [0.25, 0.3) is 0 Å². The van der Waals surface area contributed by atoms with Crippen LogP contribution in [0, 0.1) is 5.92 Å². The first kappa shape index (κ1) is 25.8. The van der Waals surface area contributed by atoms with Gasteiger partial charge in [-0.25, -0.2) is 5.06 Å². The van der Waals surface area contributed by atoms with Crippen LogP contribution in [0.15, 0.2) is 48.5 Å². The predicted molar refractivity (Wildman–Crippen MR) is 130 cm³/mol. The van der Waals surface area contributed by atoms with Crippen LogP contribution in [0.1, 0.15) is 43.2 Å². The molecular formula is C27H32F3N3O4. The van der Waals surface area contributed by atoms with Crippen molar-refractivity contribution in [2.24, 2.45) is 5.92 Å². The summed E-state index contributed by atoms with van der Waals surface area (Å²) in [4.78, 5) is 18.3. The van der Waals surface area contributed by atoms with Gasteiger partial charge in [-0.2, -0.15) is 0 Å². The number of hydrogen-bond acceptors (Lipinski definition) is 6. The second-order valence-electron chi connectivity index (χ2n) is 10.1. The SMILES string of the molecule is CON(C)C(=O)[C@@H]1C[C@]2(c3ccccc3)N[C@H]1CC[C@H]2NCc1cc(OC(F)(F)F)ccc1OC1CC1. The van der Waals surface area contributed by atoms with Gasteiger partial charge in [0.15, 0.2) is 0 Å². The third kappa shape index (κ3) is 5.56. The lowest BCUT2D eigenvalue weighted by atomic mass is 9.78. The average Bonchev–Trinajstić information content (AvgIpc) is 3.64. The minimum Gasteiger partial charge on any atom is -0.490 e. The maximum Gasteiger partial charge on any atom is 0.573 e. The number of carbonyl (C=O) groups excluding carboxylic acids is 1. The predicted octanol–water partition coefficient (Wildman–Crippen LogP) is 4.27. The van der Waals surface area contributed by atoms with Gasteiger partial charge in [0.2, 0.25) is 0 Å². The van der Waals surface area contributed by atoms with Gasteiger partial charge in [-0.3, -0.25) is 9.63 Å². The Morgan fingerprint density at radius 3 is 2.57 bits per heavy atom. The number of alkyl halides is 3. The first-order valence-corrected chi connectivity index (χ1v) is 12.6. The molecule has 0 radical (unpaired) electrons. The smallest absolute Gasteiger partial charge is 0.490 e. The lowest BCUT2D eigenvalue weighted by Crippen LogP contribution is -2.58. The highest BCUT2D eigenvalue weighted by atomic mass is 19.4. The van der Waals surface area contributed by atoms with Gasteiger partial charge in [0, 0.05) is 31.2 Å². The second-order valence-corrected chi connectivity index (χ2v) is 10.1. The zero-order chi connectivity index (χ0) is 26.2. The summed E-state index contributed by atoms with van der Waals surface area (Å²) in [6, 6.07) is 14.2. The van der Waals surface area contributed by atoms with Crippen LogP contribution in [-0.4, -0.2) is 49.7 Å². The highest BCUT2D eigenvalue weighted by Gasteiger charge is 2.55. The van der Waals surface area contributed by atoms with Crippen molar-refractivity contribution >= 4 is 5.91 Å². The molecule has 1 amide bonds. The van der Waals surface area contributed by atoms with Crippen LogP contribution in [0.3, 0.4) is 0 Å². The van der Waals surface area contributed by atoms with E-state index in [2.05, 4.69) is 27.5 Å². The van der Waals surface area contributed by atoms with Gasteiger partial charge in [0.25, 0.3) is 5.91 Å². The van der Waals surface area contributed by atoms with Crippen molar-refractivity contribution in [1.29, 1.82) is 0 Å². The molecule has 1 saturated carbocycles. The standard InChI is InChI=1S/C27H32F3N3O4/c1-33(35-2)25(34)21-15-26(18-6-4-3-5-7-18)24(13-11-22(21)32-26)31-16-17-14-20(37-27(28,29)30)10-12-23(17)36-19-8-9-19/h3-7,10,12,14,19,21-22,24,31-32H,8-9,11,13,15-16H2,1-2H3/t21-,22+,24-,26-/m1/s1. The highest BCUT2D eigenvalue weighted by molar-refractivity contribution is 5.79. The minimum absolute atomic E-state index is 0.000584. The topological polar surface area (TPSA) is 72.1 Å². The Kier molecular flexibility index (Phi) is 7.08. The fraction of sp³-hybridized carbons (Fsp3) is 0.519. The van der Waals surface area contributed by atoms with Gasteiger partial charge in [0.05, 0.1) is 24.7 Å². The molecule has 10 heteroatoms. The van der Waals surface area contributed by atoms with E-state index in [-0.39, 0.29) is 35.8 Å². The maximum atomic E-state index is 13.1. The summed E-state index contributed by atoms with van der Waals surface area (Å²) in [5, 5.41) is 8.62. The van der Waals surface area contributed by atoms with Crippen molar-refractivity contribution in [1.82, 2.24) is 15.7 Å². The summed E-state index contributed by atoms with van der Waals surface area (Å²) >= 11 is 0. The van der Waals surface area contributed by atoms with E-state index in [0.29, 0.717) is 24.3 Å². The Balaban J connectivity index is 1.41. The van der Waals surface area contributed by atoms with Crippen molar-refractivity contribution in [3.8, 4) is 11.5 Å². The van der Waals surface area contributed by atoms with E-state index in [1.807, 2.05) is 18.2 Å². The monoisotopic (exact) mass is 519 g/mol. The largest absolute Gasteiger partial charge is 0.573 e. The summed E-state index contributed by atoms with van der Waals surface area (Å²) in [6.45, 7) is 0.291. The van der Waals surface area contributed by atoms with Gasteiger partial charge in [-0.1, -0.05) is 30.3 Å². The molecule has 1 aliphatic carbocycles. The third-order valence-corrected chi connectivity index (χ3v) is 7.64. The fourth-order valence-electron chi connectivity index (χ4n) is 5.69. The molecule has 0 aromatic heterocycles. The van der Waals surface area contributed by atoms with Gasteiger partial charge in [-0.05, 0) is 55.9 Å². The van der Waals surface area contributed by atoms with E-state index in [0.717, 1.165) is 31.2 Å². The molecule has 3 fully saturated rings. The molecular weight excluding hydrogens is 487 g/mol. The molecule has 2 heterocycles. The Morgan fingerprint density at radius 1 is 1.14 bits per heavy atom. The van der Waals surface area contributed by atoms with Crippen LogP contribution in [0.4, 0.5) is 13.2 Å². The maximum absolute atomic E-state index is 13.1. The number of carbonyl (C=O) groups is 1. The van der Waals surface area contributed by atoms with Crippen LogP contribution in [0.5, 0.6) is 11.5 Å². The number of rotatable bonds is 9. The zero-order valence-corrected chi connectivity index (χ0v) is 20.9. The Morgan fingerprint density at radius 2 is 1.89 bits per heavy atom. The Bertz CT molecular complexity index is 1110. The molecule has 2 aromatic carbocycles. The first-order chi connectivity index (χ1) is 17.7. The van der Waals surface area contributed by atoms with Gasteiger partial charge in [-0.15, -0.1) is 13.2 Å². The lowest BCUT2D eigenvalue weighted by Gasteiger charge is -2.43. The van der Waals surface area contributed by atoms with Gasteiger partial charge in [0.1, 0.15) is 11.5 Å². The summed E-state index contributed by atoms with van der Waals surface area (Å²) in [5.74, 6) is -0.0490. The molecule has 4 atom stereocenters. The number of nitrogens with zero attached hydrogens (tertiary/aromatic N) is 1. The van der Waals surface area contributed by atoms with E-state index in [4.69, 9.17) is 9.57 Å². The Hall–Kier alpha value is -2.82. The number of piperidine rings is 1. The van der Waals surface area contributed by atoms with Crippen LogP contribution in [-0.2, 0) is 21.7 Å². The number of fused-ring (bicyclic) bond motifs is 2. The van der Waals surface area contributed by atoms with Gasteiger partial charge < -0.3 is 20.1 Å².